The molecule has 7 heteroatoms. The average Bonchev–Trinajstić information content (AvgIpc) is 3.34. The van der Waals surface area contributed by atoms with Crippen molar-refractivity contribution in [3.05, 3.63) is 64.5 Å². The largest absolute Gasteiger partial charge is 0.337 e. The number of sulfonamides is 1. The predicted molar refractivity (Wildman–Crippen MR) is 111 cm³/mol. The predicted octanol–water partition coefficient (Wildman–Crippen LogP) is 4.50. The number of benzene rings is 2. The van der Waals surface area contributed by atoms with Gasteiger partial charge in [-0.25, -0.2) is 8.42 Å². The molecule has 1 aliphatic heterocycles. The fourth-order valence-electron chi connectivity index (χ4n) is 3.80. The first-order chi connectivity index (χ1) is 13.8. The molecule has 0 N–H and O–H groups in total. The van der Waals surface area contributed by atoms with Crippen LogP contribution in [0.1, 0.15) is 47.0 Å². The molecule has 0 aliphatic carbocycles. The molecule has 3 aromatic rings. The number of nitrogens with zero attached hydrogens (tertiary/aromatic N) is 3. The molecule has 0 bridgehead atoms. The van der Waals surface area contributed by atoms with Gasteiger partial charge >= 0.3 is 0 Å². The van der Waals surface area contributed by atoms with Crippen LogP contribution in [-0.4, -0.2) is 29.4 Å². The first-order valence-electron chi connectivity index (χ1n) is 9.77. The third-order valence-electron chi connectivity index (χ3n) is 5.62. The summed E-state index contributed by atoms with van der Waals surface area (Å²) in [5.41, 5.74) is 4.80. The molecule has 152 valence electrons. The van der Waals surface area contributed by atoms with Gasteiger partial charge in [0.05, 0.1) is 4.90 Å². The van der Waals surface area contributed by atoms with Crippen LogP contribution < -0.4 is 0 Å². The minimum Gasteiger partial charge on any atom is -0.337 e. The van der Waals surface area contributed by atoms with Crippen LogP contribution in [0.15, 0.2) is 45.8 Å². The molecular formula is C22H25N3O3S. The Morgan fingerprint density at radius 2 is 1.69 bits per heavy atom. The van der Waals surface area contributed by atoms with Gasteiger partial charge < -0.3 is 4.52 Å². The summed E-state index contributed by atoms with van der Waals surface area (Å²) in [5.74, 6) is 0.828. The van der Waals surface area contributed by atoms with Crippen LogP contribution in [0.2, 0.25) is 0 Å². The van der Waals surface area contributed by atoms with E-state index >= 15 is 0 Å². The van der Waals surface area contributed by atoms with Gasteiger partial charge in [0.25, 0.3) is 0 Å². The Morgan fingerprint density at radius 1 is 1.00 bits per heavy atom. The zero-order chi connectivity index (χ0) is 20.8. The second-order valence-electron chi connectivity index (χ2n) is 7.80. The summed E-state index contributed by atoms with van der Waals surface area (Å²) in [6.45, 7) is 8.22. The molecule has 6 nitrogen and oxygen atoms in total. The SMILES string of the molecule is Cc1ccc(-c2noc(C3CCCN3S(=O)(=O)c3cc(C)c(C)cc3C)n2)cc1. The number of hydrogen-bond donors (Lipinski definition) is 0. The fraction of sp³-hybridized carbons (Fsp3) is 0.364. The quantitative estimate of drug-likeness (QED) is 0.632. The maximum absolute atomic E-state index is 13.5. The van der Waals surface area contributed by atoms with Crippen molar-refractivity contribution in [2.75, 3.05) is 6.54 Å². The summed E-state index contributed by atoms with van der Waals surface area (Å²) in [7, 11) is -3.66. The molecule has 1 aromatic heterocycles. The number of rotatable bonds is 4. The van der Waals surface area contributed by atoms with Gasteiger partial charge in [0.15, 0.2) is 0 Å². The normalized spacial score (nSPS) is 17.7. The molecule has 1 aliphatic rings. The fourth-order valence-corrected chi connectivity index (χ4v) is 5.75. The molecule has 1 atom stereocenters. The minimum atomic E-state index is -3.66. The van der Waals surface area contributed by atoms with Crippen molar-refractivity contribution in [2.24, 2.45) is 0 Å². The third-order valence-corrected chi connectivity index (χ3v) is 7.67. The van der Waals surface area contributed by atoms with Gasteiger partial charge in [-0.05, 0) is 63.3 Å². The molecule has 2 aromatic carbocycles. The Kier molecular flexibility index (Phi) is 5.04. The minimum absolute atomic E-state index is 0.350. The van der Waals surface area contributed by atoms with E-state index in [-0.39, 0.29) is 0 Å². The summed E-state index contributed by atoms with van der Waals surface area (Å²) in [4.78, 5) is 4.87. The summed E-state index contributed by atoms with van der Waals surface area (Å²) < 4.78 is 33.9. The number of aryl methyl sites for hydroxylation is 4. The van der Waals surface area contributed by atoms with Crippen LogP contribution in [0.5, 0.6) is 0 Å². The van der Waals surface area contributed by atoms with Crippen molar-refractivity contribution in [3.63, 3.8) is 0 Å². The second-order valence-corrected chi connectivity index (χ2v) is 9.66. The number of aromatic nitrogens is 2. The molecule has 4 rings (SSSR count). The van der Waals surface area contributed by atoms with Crippen molar-refractivity contribution in [3.8, 4) is 11.4 Å². The number of hydrogen-bond acceptors (Lipinski definition) is 5. The van der Waals surface area contributed by atoms with Gasteiger partial charge in [-0.15, -0.1) is 0 Å². The second kappa shape index (κ2) is 7.39. The summed E-state index contributed by atoms with van der Waals surface area (Å²) in [6.07, 6.45) is 1.43. The highest BCUT2D eigenvalue weighted by Gasteiger charge is 2.40. The van der Waals surface area contributed by atoms with Crippen molar-refractivity contribution < 1.29 is 12.9 Å². The van der Waals surface area contributed by atoms with Crippen LogP contribution in [0.25, 0.3) is 11.4 Å². The van der Waals surface area contributed by atoms with Gasteiger partial charge in [0.2, 0.25) is 21.7 Å². The van der Waals surface area contributed by atoms with E-state index in [0.717, 1.165) is 34.2 Å². The highest BCUT2D eigenvalue weighted by molar-refractivity contribution is 7.89. The van der Waals surface area contributed by atoms with Gasteiger partial charge in [-0.2, -0.15) is 9.29 Å². The Morgan fingerprint density at radius 3 is 2.41 bits per heavy atom. The van der Waals surface area contributed by atoms with Gasteiger partial charge in [-0.1, -0.05) is 41.1 Å². The Hall–Kier alpha value is -2.51. The van der Waals surface area contributed by atoms with Gasteiger partial charge in [0.1, 0.15) is 6.04 Å². The van der Waals surface area contributed by atoms with Crippen molar-refractivity contribution >= 4 is 10.0 Å². The zero-order valence-corrected chi connectivity index (χ0v) is 18.0. The molecule has 0 amide bonds. The molecule has 1 unspecified atom stereocenters. The van der Waals surface area contributed by atoms with Crippen molar-refractivity contribution in [1.82, 2.24) is 14.4 Å². The lowest BCUT2D eigenvalue weighted by atomic mass is 10.1. The van der Waals surface area contributed by atoms with E-state index in [4.69, 9.17) is 4.52 Å². The van der Waals surface area contributed by atoms with Crippen molar-refractivity contribution in [1.29, 1.82) is 0 Å². The topological polar surface area (TPSA) is 76.3 Å². The Balaban J connectivity index is 1.68. The van der Waals surface area contributed by atoms with E-state index in [1.54, 1.807) is 6.07 Å². The van der Waals surface area contributed by atoms with E-state index in [1.807, 2.05) is 58.0 Å². The Bertz CT molecular complexity index is 1150. The highest BCUT2D eigenvalue weighted by atomic mass is 32.2. The van der Waals surface area contributed by atoms with Gasteiger partial charge in [-0.3, -0.25) is 0 Å². The average molecular weight is 412 g/mol. The van der Waals surface area contributed by atoms with Crippen LogP contribution >= 0.6 is 0 Å². The summed E-state index contributed by atoms with van der Waals surface area (Å²) in [5, 5.41) is 4.09. The monoisotopic (exact) mass is 411 g/mol. The highest BCUT2D eigenvalue weighted by Crippen LogP contribution is 2.37. The van der Waals surface area contributed by atoms with Gasteiger partial charge in [0, 0.05) is 12.1 Å². The summed E-state index contributed by atoms with van der Waals surface area (Å²) in [6, 6.07) is 11.1. The van der Waals surface area contributed by atoms with E-state index in [9.17, 15) is 8.42 Å². The standard InChI is InChI=1S/C22H25N3O3S/c1-14-7-9-18(10-8-14)21-23-22(28-24-21)19-6-5-11-25(19)29(26,27)20-13-16(3)15(2)12-17(20)4/h7-10,12-13,19H,5-6,11H2,1-4H3. The maximum Gasteiger partial charge on any atom is 0.245 e. The summed E-state index contributed by atoms with van der Waals surface area (Å²) >= 11 is 0. The zero-order valence-electron chi connectivity index (χ0n) is 17.1. The molecular weight excluding hydrogens is 386 g/mol. The van der Waals surface area contributed by atoms with E-state index in [1.165, 1.54) is 4.31 Å². The molecule has 0 saturated carbocycles. The molecule has 0 spiro atoms. The van der Waals surface area contributed by atoms with E-state index in [2.05, 4.69) is 10.1 Å². The van der Waals surface area contributed by atoms with Crippen LogP contribution in [0, 0.1) is 27.7 Å². The third kappa shape index (κ3) is 3.60. The molecule has 2 heterocycles. The van der Waals surface area contributed by atoms with E-state index < -0.39 is 16.1 Å². The van der Waals surface area contributed by atoms with E-state index in [0.29, 0.717) is 29.6 Å². The first-order valence-corrected chi connectivity index (χ1v) is 11.2. The smallest absolute Gasteiger partial charge is 0.245 e. The van der Waals surface area contributed by atoms with Crippen LogP contribution in [-0.2, 0) is 10.0 Å². The lowest BCUT2D eigenvalue weighted by molar-refractivity contribution is 0.290. The first kappa shape index (κ1) is 19.8. The van der Waals surface area contributed by atoms with Crippen LogP contribution in [0.4, 0.5) is 0 Å². The lowest BCUT2D eigenvalue weighted by Crippen LogP contribution is -2.31. The Labute approximate surface area is 171 Å². The van der Waals surface area contributed by atoms with Crippen LogP contribution in [0.3, 0.4) is 0 Å². The molecule has 29 heavy (non-hydrogen) atoms. The maximum atomic E-state index is 13.5. The van der Waals surface area contributed by atoms with Crippen molar-refractivity contribution in [2.45, 2.75) is 51.5 Å². The molecule has 1 fully saturated rings. The molecule has 1 saturated heterocycles. The molecule has 0 radical (unpaired) electrons. The lowest BCUT2D eigenvalue weighted by Gasteiger charge is -2.23.